The lowest BCUT2D eigenvalue weighted by atomic mass is 10.0. The molecule has 2 unspecified atom stereocenters. The molecule has 1 aliphatic carbocycles. The van der Waals surface area contributed by atoms with Gasteiger partial charge in [-0.1, -0.05) is 35.3 Å². The molecule has 2 aromatic carbocycles. The molecule has 9 heteroatoms. The summed E-state index contributed by atoms with van der Waals surface area (Å²) in [6.07, 6.45) is 1.95. The second-order valence-corrected chi connectivity index (χ2v) is 9.51. The van der Waals surface area contributed by atoms with E-state index in [1.54, 1.807) is 12.3 Å². The number of hydrogen-bond donors (Lipinski definition) is 2. The number of nitrogen functional groups attached to an aromatic ring is 1. The molecule has 34 heavy (non-hydrogen) atoms. The summed E-state index contributed by atoms with van der Waals surface area (Å²) in [5.41, 5.74) is 14.7. The van der Waals surface area contributed by atoms with E-state index in [2.05, 4.69) is 4.98 Å². The fraction of sp³-hybridized carbons (Fsp3) is 0.280. The highest BCUT2D eigenvalue weighted by atomic mass is 35.5. The van der Waals surface area contributed by atoms with Crippen molar-refractivity contribution in [2.75, 3.05) is 25.4 Å². The Hall–Kier alpha value is -2.87. The second kappa shape index (κ2) is 9.06. The van der Waals surface area contributed by atoms with Crippen molar-refractivity contribution >= 4 is 34.9 Å². The van der Waals surface area contributed by atoms with Crippen molar-refractivity contribution in [1.82, 2.24) is 9.88 Å². The highest BCUT2D eigenvalue weighted by Gasteiger charge is 2.54. The Morgan fingerprint density at radius 3 is 2.53 bits per heavy atom. The minimum atomic E-state index is -0.531. The van der Waals surface area contributed by atoms with Crippen molar-refractivity contribution in [2.45, 2.75) is 12.5 Å². The number of pyridine rings is 1. The minimum Gasteiger partial charge on any atom is -0.489 e. The van der Waals surface area contributed by atoms with Gasteiger partial charge in [0.1, 0.15) is 5.82 Å². The van der Waals surface area contributed by atoms with Crippen molar-refractivity contribution < 1.29 is 13.9 Å². The first kappa shape index (κ1) is 22.9. The van der Waals surface area contributed by atoms with Crippen LogP contribution in [0.4, 0.5) is 10.2 Å². The second-order valence-electron chi connectivity index (χ2n) is 8.72. The summed E-state index contributed by atoms with van der Waals surface area (Å²) in [5, 5.41) is 0.359. The first-order chi connectivity index (χ1) is 16.3. The third-order valence-corrected chi connectivity index (χ3v) is 7.41. The van der Waals surface area contributed by atoms with E-state index in [0.29, 0.717) is 40.2 Å². The van der Waals surface area contributed by atoms with Crippen LogP contribution in [0.25, 0.3) is 11.1 Å². The Bertz CT molecular complexity index is 1240. The maximum atomic E-state index is 13.7. The number of nitrogens with zero attached hydrogens (tertiary/aromatic N) is 2. The zero-order valence-corrected chi connectivity index (χ0v) is 19.7. The number of anilines is 1. The zero-order chi connectivity index (χ0) is 24.0. The van der Waals surface area contributed by atoms with Gasteiger partial charge in [0.2, 0.25) is 0 Å². The number of fused-ring (bicyclic) bond motifs is 1. The van der Waals surface area contributed by atoms with Crippen molar-refractivity contribution in [1.29, 1.82) is 0 Å². The predicted octanol–water partition coefficient (Wildman–Crippen LogP) is 4.43. The smallest absolute Gasteiger partial charge is 0.253 e. The van der Waals surface area contributed by atoms with E-state index in [9.17, 15) is 9.18 Å². The van der Waals surface area contributed by atoms with Crippen LogP contribution in [0.1, 0.15) is 15.9 Å². The van der Waals surface area contributed by atoms with Gasteiger partial charge in [-0.15, -0.1) is 0 Å². The van der Waals surface area contributed by atoms with Gasteiger partial charge in [0, 0.05) is 47.9 Å². The Balaban J connectivity index is 1.25. The Kier molecular flexibility index (Phi) is 6.10. The molecule has 1 amide bonds. The van der Waals surface area contributed by atoms with E-state index in [1.807, 2.05) is 29.2 Å². The lowest BCUT2D eigenvalue weighted by molar-refractivity contribution is 0.0773. The molecule has 1 aliphatic heterocycles. The average Bonchev–Trinajstić information content (AvgIpc) is 3.23. The summed E-state index contributed by atoms with van der Waals surface area (Å²) < 4.78 is 19.5. The summed E-state index contributed by atoms with van der Waals surface area (Å²) in [7, 11) is 0. The molecule has 2 fully saturated rings. The van der Waals surface area contributed by atoms with E-state index >= 15 is 0 Å². The maximum Gasteiger partial charge on any atom is 0.253 e. The van der Waals surface area contributed by atoms with Crippen LogP contribution in [-0.2, 0) is 6.42 Å². The molecule has 1 saturated carbocycles. The van der Waals surface area contributed by atoms with Gasteiger partial charge in [-0.2, -0.15) is 0 Å². The molecule has 0 radical (unpaired) electrons. The van der Waals surface area contributed by atoms with Crippen LogP contribution >= 0.6 is 23.2 Å². The zero-order valence-electron chi connectivity index (χ0n) is 18.2. The average molecular weight is 501 g/mol. The van der Waals surface area contributed by atoms with Gasteiger partial charge < -0.3 is 21.1 Å². The van der Waals surface area contributed by atoms with E-state index in [0.717, 1.165) is 24.2 Å². The number of amides is 1. The van der Waals surface area contributed by atoms with Crippen molar-refractivity contribution in [3.05, 3.63) is 75.7 Å². The van der Waals surface area contributed by atoms with Crippen molar-refractivity contribution in [3.8, 4) is 16.9 Å². The first-order valence-corrected chi connectivity index (χ1v) is 11.7. The summed E-state index contributed by atoms with van der Waals surface area (Å²) in [6.45, 7) is 1.66. The number of aromatic nitrogens is 1. The molecule has 4 N–H and O–H groups in total. The standard InChI is InChI=1S/C25H23Cl2FN4O2/c26-19-5-6-20(28)22(27)16(19)7-8-34-21-9-15(10-31-24(21)30)13-1-3-14(4-2-13)25(33)32-11-17-18(12-32)23(17)29/h1-6,9-10,17-18,23H,7-8,11-12,29H2,(H2,30,31). The van der Waals surface area contributed by atoms with Gasteiger partial charge >= 0.3 is 0 Å². The number of hydrogen-bond acceptors (Lipinski definition) is 5. The Morgan fingerprint density at radius 2 is 1.82 bits per heavy atom. The summed E-state index contributed by atoms with van der Waals surface area (Å²) in [4.78, 5) is 18.9. The van der Waals surface area contributed by atoms with E-state index in [4.69, 9.17) is 39.4 Å². The van der Waals surface area contributed by atoms with Crippen molar-refractivity contribution in [2.24, 2.45) is 17.6 Å². The largest absolute Gasteiger partial charge is 0.489 e. The van der Waals surface area contributed by atoms with Crippen LogP contribution in [0.3, 0.4) is 0 Å². The number of likely N-dealkylation sites (tertiary alicyclic amines) is 1. The van der Waals surface area contributed by atoms with Crippen LogP contribution in [0.5, 0.6) is 5.75 Å². The molecule has 176 valence electrons. The summed E-state index contributed by atoms with van der Waals surface area (Å²) >= 11 is 12.2. The predicted molar refractivity (Wildman–Crippen MR) is 131 cm³/mol. The monoisotopic (exact) mass is 500 g/mol. The van der Waals surface area contributed by atoms with Gasteiger partial charge in [-0.3, -0.25) is 4.79 Å². The highest BCUT2D eigenvalue weighted by Crippen LogP contribution is 2.44. The molecule has 5 rings (SSSR count). The van der Waals surface area contributed by atoms with Crippen LogP contribution in [0.15, 0.2) is 48.7 Å². The fourth-order valence-corrected chi connectivity index (χ4v) is 5.08. The molecule has 1 saturated heterocycles. The Labute approximate surface area is 206 Å². The van der Waals surface area contributed by atoms with Crippen LogP contribution in [0, 0.1) is 17.7 Å². The number of halogens is 3. The molecule has 0 spiro atoms. The minimum absolute atomic E-state index is 0.0145. The molecule has 2 atom stereocenters. The van der Waals surface area contributed by atoms with Crippen LogP contribution in [0.2, 0.25) is 10.0 Å². The molecule has 2 heterocycles. The van der Waals surface area contributed by atoms with E-state index in [1.165, 1.54) is 12.1 Å². The molecule has 0 bridgehead atoms. The summed E-state index contributed by atoms with van der Waals surface area (Å²) in [5.74, 6) is 1.04. The van der Waals surface area contributed by atoms with Gasteiger partial charge in [-0.25, -0.2) is 9.37 Å². The molecule has 3 aromatic rings. The third kappa shape index (κ3) is 4.31. The van der Waals surface area contributed by atoms with Crippen LogP contribution < -0.4 is 16.2 Å². The van der Waals surface area contributed by atoms with E-state index < -0.39 is 5.82 Å². The van der Waals surface area contributed by atoms with Gasteiger partial charge in [-0.05, 0) is 53.3 Å². The number of rotatable bonds is 6. The lowest BCUT2D eigenvalue weighted by Crippen LogP contribution is -2.33. The number of nitrogens with two attached hydrogens (primary N) is 2. The normalized spacial score (nSPS) is 20.8. The van der Waals surface area contributed by atoms with Crippen LogP contribution in [-0.4, -0.2) is 41.5 Å². The maximum absolute atomic E-state index is 13.7. The molecule has 2 aliphatic rings. The SMILES string of the molecule is Nc1ncc(-c2ccc(C(=O)N3CC4C(N)C4C3)cc2)cc1OCCc1c(Cl)ccc(F)c1Cl. The molecule has 1 aromatic heterocycles. The Morgan fingerprint density at radius 1 is 1.12 bits per heavy atom. The highest BCUT2D eigenvalue weighted by molar-refractivity contribution is 6.36. The third-order valence-electron chi connectivity index (χ3n) is 6.64. The molecular formula is C25H23Cl2FN4O2. The molecule has 6 nitrogen and oxygen atoms in total. The fourth-order valence-electron chi connectivity index (χ4n) is 4.52. The van der Waals surface area contributed by atoms with Gasteiger partial charge in [0.05, 0.1) is 11.6 Å². The number of piperidine rings is 1. The number of carbonyl (C=O) groups is 1. The number of benzene rings is 2. The number of ether oxygens (including phenoxy) is 1. The van der Waals surface area contributed by atoms with Gasteiger partial charge in [0.25, 0.3) is 5.91 Å². The lowest BCUT2D eigenvalue weighted by Gasteiger charge is -2.19. The van der Waals surface area contributed by atoms with E-state index in [-0.39, 0.29) is 29.4 Å². The summed E-state index contributed by atoms with van der Waals surface area (Å²) in [6, 6.07) is 12.1. The first-order valence-electron chi connectivity index (χ1n) is 11.0. The molecular weight excluding hydrogens is 478 g/mol. The quantitative estimate of drug-likeness (QED) is 0.488. The number of carbonyl (C=O) groups excluding carboxylic acids is 1. The van der Waals surface area contributed by atoms with Crippen molar-refractivity contribution in [3.63, 3.8) is 0 Å². The van der Waals surface area contributed by atoms with Gasteiger partial charge in [0.15, 0.2) is 11.6 Å². The topological polar surface area (TPSA) is 94.5 Å².